The summed E-state index contributed by atoms with van der Waals surface area (Å²) in [4.78, 5) is 0. The monoisotopic (exact) mass is 245 g/mol. The van der Waals surface area contributed by atoms with Crippen molar-refractivity contribution in [1.29, 1.82) is 0 Å². The van der Waals surface area contributed by atoms with Crippen LogP contribution in [0.3, 0.4) is 0 Å². The third-order valence-electron chi connectivity index (χ3n) is 3.07. The average Bonchev–Trinajstić information content (AvgIpc) is 2.22. The lowest BCUT2D eigenvalue weighted by molar-refractivity contribution is 0.192. The number of methoxy groups -OCH3 is 1. The summed E-state index contributed by atoms with van der Waals surface area (Å²) in [5.74, 6) is 2.61. The van der Waals surface area contributed by atoms with Gasteiger partial charge in [0.2, 0.25) is 0 Å². The summed E-state index contributed by atoms with van der Waals surface area (Å²) in [5, 5.41) is 3.69. The van der Waals surface area contributed by atoms with Crippen LogP contribution in [-0.4, -0.2) is 37.8 Å². The Balaban J connectivity index is 2.00. The third-order valence-corrected chi connectivity index (χ3v) is 4.69. The van der Waals surface area contributed by atoms with Gasteiger partial charge < -0.3 is 10.1 Å². The van der Waals surface area contributed by atoms with Crippen molar-refractivity contribution in [3.8, 4) is 0 Å². The lowest BCUT2D eigenvalue weighted by Gasteiger charge is -2.35. The molecule has 96 valence electrons. The van der Waals surface area contributed by atoms with E-state index in [2.05, 4.69) is 30.9 Å². The molecule has 1 saturated heterocycles. The number of hydrogen-bond donors (Lipinski definition) is 1. The summed E-state index contributed by atoms with van der Waals surface area (Å²) < 4.78 is 5.04. The molecule has 0 radical (unpaired) electrons. The first-order chi connectivity index (χ1) is 7.64. The number of ether oxygens (including phenoxy) is 1. The normalized spacial score (nSPS) is 24.6. The fraction of sp³-hybridized carbons (Fsp3) is 1.00. The largest absolute Gasteiger partial charge is 0.385 e. The zero-order valence-corrected chi connectivity index (χ0v) is 11.9. The minimum Gasteiger partial charge on any atom is -0.385 e. The van der Waals surface area contributed by atoms with Gasteiger partial charge >= 0.3 is 0 Å². The summed E-state index contributed by atoms with van der Waals surface area (Å²) >= 11 is 2.10. The summed E-state index contributed by atoms with van der Waals surface area (Å²) in [6, 6.07) is 0.733. The second kappa shape index (κ2) is 7.57. The van der Waals surface area contributed by atoms with Crippen molar-refractivity contribution in [2.24, 2.45) is 5.41 Å². The van der Waals surface area contributed by atoms with Crippen LogP contribution in [0.4, 0.5) is 0 Å². The molecule has 0 saturated carbocycles. The van der Waals surface area contributed by atoms with Crippen LogP contribution in [0.1, 0.15) is 39.5 Å². The Morgan fingerprint density at radius 2 is 2.12 bits per heavy atom. The van der Waals surface area contributed by atoms with Gasteiger partial charge in [0.15, 0.2) is 0 Å². The van der Waals surface area contributed by atoms with Gasteiger partial charge in [-0.25, -0.2) is 0 Å². The summed E-state index contributed by atoms with van der Waals surface area (Å²) in [6.45, 7) is 6.84. The molecule has 16 heavy (non-hydrogen) atoms. The number of unbranched alkanes of at least 4 members (excludes halogenated alkanes) is 2. The molecule has 1 heterocycles. The van der Waals surface area contributed by atoms with Crippen molar-refractivity contribution in [1.82, 2.24) is 5.32 Å². The van der Waals surface area contributed by atoms with E-state index >= 15 is 0 Å². The van der Waals surface area contributed by atoms with Crippen molar-refractivity contribution in [3.05, 3.63) is 0 Å². The SMILES string of the molecule is COCCCCCNC1CSCC(C)(C)C1. The highest BCUT2D eigenvalue weighted by Crippen LogP contribution is 2.33. The topological polar surface area (TPSA) is 21.3 Å². The molecule has 1 atom stereocenters. The minimum atomic E-state index is 0.524. The van der Waals surface area contributed by atoms with E-state index in [4.69, 9.17) is 4.74 Å². The van der Waals surface area contributed by atoms with E-state index in [9.17, 15) is 0 Å². The van der Waals surface area contributed by atoms with Crippen LogP contribution in [0.2, 0.25) is 0 Å². The van der Waals surface area contributed by atoms with Crippen molar-refractivity contribution < 1.29 is 4.74 Å². The minimum absolute atomic E-state index is 0.524. The summed E-state index contributed by atoms with van der Waals surface area (Å²) in [6.07, 6.45) is 5.09. The molecule has 2 nitrogen and oxygen atoms in total. The van der Waals surface area contributed by atoms with Crippen molar-refractivity contribution in [2.45, 2.75) is 45.6 Å². The number of rotatable bonds is 7. The van der Waals surface area contributed by atoms with Crippen LogP contribution in [-0.2, 0) is 4.74 Å². The van der Waals surface area contributed by atoms with Gasteiger partial charge in [-0.2, -0.15) is 11.8 Å². The molecule has 0 aromatic heterocycles. The predicted molar refractivity (Wildman–Crippen MR) is 73.2 cm³/mol. The highest BCUT2D eigenvalue weighted by Gasteiger charge is 2.27. The molecule has 0 aromatic rings. The van der Waals surface area contributed by atoms with Crippen LogP contribution >= 0.6 is 11.8 Å². The Labute approximate surface area is 105 Å². The zero-order chi connectivity index (χ0) is 11.9. The molecule has 1 N–H and O–H groups in total. The highest BCUT2D eigenvalue weighted by atomic mass is 32.2. The van der Waals surface area contributed by atoms with Crippen LogP contribution in [0.25, 0.3) is 0 Å². The molecule has 0 aromatic carbocycles. The molecular weight excluding hydrogens is 218 g/mol. The summed E-state index contributed by atoms with van der Waals surface area (Å²) in [5.41, 5.74) is 0.524. The van der Waals surface area contributed by atoms with E-state index in [1.54, 1.807) is 7.11 Å². The Morgan fingerprint density at radius 3 is 2.81 bits per heavy atom. The Hall–Kier alpha value is 0.270. The third kappa shape index (κ3) is 6.12. The van der Waals surface area contributed by atoms with Crippen molar-refractivity contribution in [2.75, 3.05) is 31.8 Å². The van der Waals surface area contributed by atoms with Gasteiger partial charge in [-0.3, -0.25) is 0 Å². The lowest BCUT2D eigenvalue weighted by Crippen LogP contribution is -2.40. The molecule has 1 fully saturated rings. The molecule has 1 aliphatic rings. The molecule has 0 bridgehead atoms. The van der Waals surface area contributed by atoms with E-state index in [1.165, 1.54) is 43.7 Å². The first kappa shape index (κ1) is 14.3. The molecule has 1 rings (SSSR count). The molecule has 0 aliphatic carbocycles. The fourth-order valence-corrected chi connectivity index (χ4v) is 3.56. The molecule has 1 aliphatic heterocycles. The number of hydrogen-bond acceptors (Lipinski definition) is 3. The molecule has 0 spiro atoms. The highest BCUT2D eigenvalue weighted by molar-refractivity contribution is 7.99. The van der Waals surface area contributed by atoms with Crippen LogP contribution in [0.15, 0.2) is 0 Å². The Morgan fingerprint density at radius 1 is 1.31 bits per heavy atom. The fourth-order valence-electron chi connectivity index (χ4n) is 2.25. The van der Waals surface area contributed by atoms with E-state index < -0.39 is 0 Å². The van der Waals surface area contributed by atoms with E-state index in [-0.39, 0.29) is 0 Å². The smallest absolute Gasteiger partial charge is 0.0462 e. The van der Waals surface area contributed by atoms with E-state index in [1.807, 2.05) is 0 Å². The van der Waals surface area contributed by atoms with E-state index in [0.29, 0.717) is 5.41 Å². The molecular formula is C13H27NOS. The molecule has 0 amide bonds. The van der Waals surface area contributed by atoms with Crippen molar-refractivity contribution in [3.63, 3.8) is 0 Å². The van der Waals surface area contributed by atoms with Gasteiger partial charge in [-0.05, 0) is 43.4 Å². The van der Waals surface area contributed by atoms with Crippen molar-refractivity contribution >= 4 is 11.8 Å². The van der Waals surface area contributed by atoms with Crippen LogP contribution in [0.5, 0.6) is 0 Å². The second-order valence-electron chi connectivity index (χ2n) is 5.59. The van der Waals surface area contributed by atoms with E-state index in [0.717, 1.165) is 12.6 Å². The maximum Gasteiger partial charge on any atom is 0.0462 e. The maximum absolute atomic E-state index is 5.04. The van der Waals surface area contributed by atoms with Crippen LogP contribution in [0, 0.1) is 5.41 Å². The lowest BCUT2D eigenvalue weighted by atomic mass is 9.88. The van der Waals surface area contributed by atoms with Gasteiger partial charge in [0, 0.05) is 25.5 Å². The number of nitrogens with one attached hydrogen (secondary N) is 1. The standard InChI is InChI=1S/C13H27NOS/c1-13(2)9-12(10-16-11-13)14-7-5-4-6-8-15-3/h12,14H,4-11H2,1-3H3. The second-order valence-corrected chi connectivity index (χ2v) is 6.62. The molecule has 1 unspecified atom stereocenters. The summed E-state index contributed by atoms with van der Waals surface area (Å²) in [7, 11) is 1.78. The first-order valence-corrected chi connectivity index (χ1v) is 7.59. The van der Waals surface area contributed by atoms with Crippen LogP contribution < -0.4 is 5.32 Å². The number of thioether (sulfide) groups is 1. The Bertz CT molecular complexity index is 185. The van der Waals surface area contributed by atoms with Gasteiger partial charge in [-0.15, -0.1) is 0 Å². The van der Waals surface area contributed by atoms with Gasteiger partial charge in [0.1, 0.15) is 0 Å². The molecule has 3 heteroatoms. The van der Waals surface area contributed by atoms with Gasteiger partial charge in [0.25, 0.3) is 0 Å². The van der Waals surface area contributed by atoms with Gasteiger partial charge in [-0.1, -0.05) is 13.8 Å². The average molecular weight is 245 g/mol. The quantitative estimate of drug-likeness (QED) is 0.697. The maximum atomic E-state index is 5.04. The first-order valence-electron chi connectivity index (χ1n) is 6.44. The Kier molecular flexibility index (Phi) is 6.78. The predicted octanol–water partition coefficient (Wildman–Crippen LogP) is 2.92. The zero-order valence-electron chi connectivity index (χ0n) is 11.1. The van der Waals surface area contributed by atoms with Gasteiger partial charge in [0.05, 0.1) is 0 Å².